The van der Waals surface area contributed by atoms with Gasteiger partial charge in [0.1, 0.15) is 0 Å². The number of carbonyl (C=O) groups excluding carboxylic acids is 1. The predicted octanol–water partition coefficient (Wildman–Crippen LogP) is 4.66. The number of hydrogen-bond donors (Lipinski definition) is 1. The van der Waals surface area contributed by atoms with Gasteiger partial charge in [-0.15, -0.1) is 0 Å². The summed E-state index contributed by atoms with van der Waals surface area (Å²) in [6, 6.07) is 14.8. The molecule has 0 bridgehead atoms. The Morgan fingerprint density at radius 3 is 1.94 bits per heavy atom. The van der Waals surface area contributed by atoms with Crippen LogP contribution in [0, 0.1) is 0 Å². The molecule has 0 spiro atoms. The van der Waals surface area contributed by atoms with Crippen molar-refractivity contribution in [2.24, 2.45) is 0 Å². The lowest BCUT2D eigenvalue weighted by molar-refractivity contribution is -0.121. The van der Waals surface area contributed by atoms with Crippen molar-refractivity contribution in [3.05, 3.63) is 59.7 Å². The molecular formula is C26H37N3O3S. The first-order valence-corrected chi connectivity index (χ1v) is 13.3. The maximum Gasteiger partial charge on any atom is 0.243 e. The van der Waals surface area contributed by atoms with Gasteiger partial charge in [0.25, 0.3) is 0 Å². The van der Waals surface area contributed by atoms with Crippen LogP contribution in [-0.2, 0) is 14.8 Å². The SMILES string of the molecule is CC[C@H](C)c1ccc(S(=O)(=O)N2CCN([C@@H](C)C(=O)Nc3ccc(C(C)C)cc3)CC2)cc1. The second-order valence-corrected chi connectivity index (χ2v) is 11.2. The molecule has 6 nitrogen and oxygen atoms in total. The number of hydrogen-bond acceptors (Lipinski definition) is 4. The molecule has 3 rings (SSSR count). The molecule has 0 aromatic heterocycles. The fraction of sp³-hybridized carbons (Fsp3) is 0.500. The number of nitrogens with one attached hydrogen (secondary N) is 1. The quantitative estimate of drug-likeness (QED) is 0.608. The third kappa shape index (κ3) is 6.02. The van der Waals surface area contributed by atoms with E-state index in [1.54, 1.807) is 12.1 Å². The Morgan fingerprint density at radius 2 is 1.42 bits per heavy atom. The van der Waals surface area contributed by atoms with Crippen molar-refractivity contribution < 1.29 is 13.2 Å². The predicted molar refractivity (Wildman–Crippen MR) is 134 cm³/mol. The van der Waals surface area contributed by atoms with Crippen LogP contribution < -0.4 is 5.32 Å². The highest BCUT2D eigenvalue weighted by molar-refractivity contribution is 7.89. The molecule has 2 aromatic rings. The summed E-state index contributed by atoms with van der Waals surface area (Å²) in [5, 5.41) is 2.98. The Labute approximate surface area is 199 Å². The summed E-state index contributed by atoms with van der Waals surface area (Å²) in [6.07, 6.45) is 1.02. The molecule has 0 unspecified atom stereocenters. The van der Waals surface area contributed by atoms with Gasteiger partial charge in [0.2, 0.25) is 15.9 Å². The molecule has 1 amide bonds. The van der Waals surface area contributed by atoms with Crippen molar-refractivity contribution in [3.63, 3.8) is 0 Å². The summed E-state index contributed by atoms with van der Waals surface area (Å²) < 4.78 is 27.7. The zero-order valence-corrected chi connectivity index (χ0v) is 21.2. The monoisotopic (exact) mass is 471 g/mol. The van der Waals surface area contributed by atoms with Crippen molar-refractivity contribution in [1.29, 1.82) is 0 Å². The minimum absolute atomic E-state index is 0.0794. The number of rotatable bonds is 8. The van der Waals surface area contributed by atoms with E-state index in [0.717, 1.165) is 17.7 Å². The molecule has 0 aliphatic carbocycles. The van der Waals surface area contributed by atoms with Crippen molar-refractivity contribution >= 4 is 21.6 Å². The Morgan fingerprint density at radius 1 is 0.879 bits per heavy atom. The van der Waals surface area contributed by atoms with Gasteiger partial charge in [-0.25, -0.2) is 8.42 Å². The van der Waals surface area contributed by atoms with Gasteiger partial charge in [0, 0.05) is 31.9 Å². The van der Waals surface area contributed by atoms with Crippen molar-refractivity contribution in [2.75, 3.05) is 31.5 Å². The van der Waals surface area contributed by atoms with Crippen molar-refractivity contribution in [2.45, 2.75) is 63.8 Å². The van der Waals surface area contributed by atoms with Crippen LogP contribution in [0.4, 0.5) is 5.69 Å². The van der Waals surface area contributed by atoms with Crippen LogP contribution in [0.3, 0.4) is 0 Å². The van der Waals surface area contributed by atoms with Crippen LogP contribution in [0.5, 0.6) is 0 Å². The highest BCUT2D eigenvalue weighted by atomic mass is 32.2. The molecular weight excluding hydrogens is 434 g/mol. The third-order valence-corrected chi connectivity index (χ3v) is 8.66. The van der Waals surface area contributed by atoms with Gasteiger partial charge in [0.15, 0.2) is 0 Å². The van der Waals surface area contributed by atoms with E-state index in [9.17, 15) is 13.2 Å². The topological polar surface area (TPSA) is 69.7 Å². The van der Waals surface area contributed by atoms with Gasteiger partial charge in [-0.3, -0.25) is 9.69 Å². The number of piperazine rings is 1. The van der Waals surface area contributed by atoms with Crippen molar-refractivity contribution in [3.8, 4) is 0 Å². The van der Waals surface area contributed by atoms with E-state index in [1.807, 2.05) is 48.2 Å². The number of carbonyl (C=O) groups is 1. The van der Waals surface area contributed by atoms with Crippen LogP contribution >= 0.6 is 0 Å². The van der Waals surface area contributed by atoms with E-state index >= 15 is 0 Å². The maximum atomic E-state index is 13.1. The zero-order chi connectivity index (χ0) is 24.2. The molecule has 1 aliphatic rings. The lowest BCUT2D eigenvalue weighted by atomic mass is 9.99. The van der Waals surface area contributed by atoms with Crippen LogP contribution in [0.25, 0.3) is 0 Å². The van der Waals surface area contributed by atoms with Gasteiger partial charge < -0.3 is 5.32 Å². The Kier molecular flexibility index (Phi) is 8.32. The van der Waals surface area contributed by atoms with Gasteiger partial charge in [-0.2, -0.15) is 4.31 Å². The number of benzene rings is 2. The van der Waals surface area contributed by atoms with Crippen molar-refractivity contribution in [1.82, 2.24) is 9.21 Å². The average molecular weight is 472 g/mol. The molecule has 7 heteroatoms. The second kappa shape index (κ2) is 10.8. The van der Waals surface area contributed by atoms with E-state index in [1.165, 1.54) is 9.87 Å². The molecule has 1 aliphatic heterocycles. The third-order valence-electron chi connectivity index (χ3n) is 6.74. The number of amides is 1. The molecule has 180 valence electrons. The van der Waals surface area contributed by atoms with Crippen LogP contribution in [0.15, 0.2) is 53.4 Å². The first kappa shape index (κ1) is 25.4. The summed E-state index contributed by atoms with van der Waals surface area (Å²) in [5.41, 5.74) is 3.16. The highest BCUT2D eigenvalue weighted by Gasteiger charge is 2.31. The summed E-state index contributed by atoms with van der Waals surface area (Å²) in [6.45, 7) is 12.2. The van der Waals surface area contributed by atoms with E-state index in [-0.39, 0.29) is 11.9 Å². The van der Waals surface area contributed by atoms with Crippen LogP contribution in [-0.4, -0.2) is 55.8 Å². The summed E-state index contributed by atoms with van der Waals surface area (Å²) in [7, 11) is -3.53. The Balaban J connectivity index is 1.57. The average Bonchev–Trinajstić information content (AvgIpc) is 2.83. The summed E-state index contributed by atoms with van der Waals surface area (Å²) >= 11 is 0. The van der Waals surface area contributed by atoms with Gasteiger partial charge in [-0.05, 0) is 60.6 Å². The second-order valence-electron chi connectivity index (χ2n) is 9.26. The van der Waals surface area contributed by atoms with E-state index in [4.69, 9.17) is 0 Å². The molecule has 0 saturated carbocycles. The molecule has 0 radical (unpaired) electrons. The van der Waals surface area contributed by atoms with Gasteiger partial charge >= 0.3 is 0 Å². The number of anilines is 1. The Bertz CT molecular complexity index is 1030. The highest BCUT2D eigenvalue weighted by Crippen LogP contribution is 2.24. The fourth-order valence-electron chi connectivity index (χ4n) is 4.05. The molecule has 1 heterocycles. The molecule has 1 fully saturated rings. The zero-order valence-electron chi connectivity index (χ0n) is 20.4. The Hall–Kier alpha value is -2.22. The number of nitrogens with zero attached hydrogens (tertiary/aromatic N) is 2. The standard InChI is InChI=1S/C26H37N3O3S/c1-6-20(4)23-9-13-25(14-10-23)33(31,32)29-17-15-28(16-18-29)21(5)26(30)27-24-11-7-22(8-12-24)19(2)3/h7-14,19-21H,6,15-18H2,1-5H3,(H,27,30)/t20-,21-/m0/s1. The van der Waals surface area contributed by atoms with E-state index in [0.29, 0.717) is 42.9 Å². The molecule has 2 aromatic carbocycles. The molecule has 1 saturated heterocycles. The first-order valence-electron chi connectivity index (χ1n) is 11.9. The molecule has 2 atom stereocenters. The number of sulfonamides is 1. The van der Waals surface area contributed by atoms with Crippen LogP contribution in [0.2, 0.25) is 0 Å². The fourth-order valence-corrected chi connectivity index (χ4v) is 5.47. The lowest BCUT2D eigenvalue weighted by Crippen LogP contribution is -2.53. The first-order chi connectivity index (χ1) is 15.6. The lowest BCUT2D eigenvalue weighted by Gasteiger charge is -2.36. The maximum absolute atomic E-state index is 13.1. The minimum Gasteiger partial charge on any atom is -0.325 e. The largest absolute Gasteiger partial charge is 0.325 e. The van der Waals surface area contributed by atoms with Gasteiger partial charge in [-0.1, -0.05) is 52.0 Å². The van der Waals surface area contributed by atoms with Crippen LogP contribution in [0.1, 0.15) is 64.0 Å². The van der Waals surface area contributed by atoms with E-state index in [2.05, 4.69) is 33.0 Å². The molecule has 1 N–H and O–H groups in total. The van der Waals surface area contributed by atoms with E-state index < -0.39 is 10.0 Å². The smallest absolute Gasteiger partial charge is 0.243 e. The van der Waals surface area contributed by atoms with Gasteiger partial charge in [0.05, 0.1) is 10.9 Å². The summed E-state index contributed by atoms with van der Waals surface area (Å²) in [5.74, 6) is 0.773. The normalized spacial score (nSPS) is 17.6. The minimum atomic E-state index is -3.53. The summed E-state index contributed by atoms with van der Waals surface area (Å²) in [4.78, 5) is 15.1. The molecule has 33 heavy (non-hydrogen) atoms.